The molecule has 64 valence electrons. The molecule has 0 heterocycles. The van der Waals surface area contributed by atoms with Crippen molar-refractivity contribution in [3.8, 4) is 23.3 Å². The predicted octanol–water partition coefficient (Wildman–Crippen LogP) is 2.67. The van der Waals surface area contributed by atoms with Crippen molar-refractivity contribution < 1.29 is 0 Å². The van der Waals surface area contributed by atoms with Crippen molar-refractivity contribution >= 4 is 8.07 Å². The minimum atomic E-state index is -1.19. The molecule has 1 aliphatic carbocycles. The van der Waals surface area contributed by atoms with Crippen LogP contribution in [0.4, 0.5) is 0 Å². The Morgan fingerprint density at radius 1 is 1.08 bits per heavy atom. The molecule has 12 heavy (non-hydrogen) atoms. The van der Waals surface area contributed by atoms with Gasteiger partial charge in [-0.25, -0.2) is 0 Å². The summed E-state index contributed by atoms with van der Waals surface area (Å²) in [7, 11) is -1.19. The van der Waals surface area contributed by atoms with E-state index in [1.165, 1.54) is 19.3 Å². The smallest absolute Gasteiger partial charge is 0.118 e. The summed E-state index contributed by atoms with van der Waals surface area (Å²) in [6.07, 6.45) is 3.95. The first-order chi connectivity index (χ1) is 5.58. The molecule has 0 unspecified atom stereocenters. The maximum absolute atomic E-state index is 3.24. The Hall–Kier alpha value is -0.663. The zero-order valence-corrected chi connectivity index (χ0v) is 9.20. The van der Waals surface area contributed by atoms with Crippen LogP contribution in [0.1, 0.15) is 19.3 Å². The van der Waals surface area contributed by atoms with Crippen LogP contribution in [-0.2, 0) is 0 Å². The fourth-order valence-electron chi connectivity index (χ4n) is 0.909. The van der Waals surface area contributed by atoms with E-state index >= 15 is 0 Å². The Bertz CT molecular complexity index is 257. The molecular weight excluding hydrogens is 160 g/mol. The summed E-state index contributed by atoms with van der Waals surface area (Å²) in [4.78, 5) is 0. The van der Waals surface area contributed by atoms with Gasteiger partial charge in [-0.05, 0) is 24.7 Å². The Morgan fingerprint density at radius 3 is 2.17 bits per heavy atom. The lowest BCUT2D eigenvalue weighted by Gasteiger charge is -2.18. The molecule has 0 aromatic heterocycles. The number of hydrogen-bond donors (Lipinski definition) is 0. The van der Waals surface area contributed by atoms with Gasteiger partial charge in [-0.3, -0.25) is 0 Å². The highest BCUT2D eigenvalue weighted by Crippen LogP contribution is 2.24. The summed E-state index contributed by atoms with van der Waals surface area (Å²) >= 11 is 0. The molecule has 0 aliphatic heterocycles. The third kappa shape index (κ3) is 3.65. The average molecular weight is 176 g/mol. The van der Waals surface area contributed by atoms with E-state index in [-0.39, 0.29) is 0 Å². The molecule has 0 nitrogen and oxygen atoms in total. The Labute approximate surface area is 76.8 Å². The van der Waals surface area contributed by atoms with Gasteiger partial charge in [0.2, 0.25) is 0 Å². The highest BCUT2D eigenvalue weighted by atomic mass is 28.3. The predicted molar refractivity (Wildman–Crippen MR) is 56.2 cm³/mol. The van der Waals surface area contributed by atoms with Crippen molar-refractivity contribution in [2.75, 3.05) is 0 Å². The van der Waals surface area contributed by atoms with Crippen LogP contribution in [0.25, 0.3) is 0 Å². The molecule has 0 aromatic carbocycles. The SMILES string of the molecule is C[Si](C)(C)C#CC#CC1CCC1. The molecule has 0 atom stereocenters. The quantitative estimate of drug-likeness (QED) is 0.393. The minimum Gasteiger partial charge on any atom is -0.118 e. The zero-order chi connectivity index (χ0) is 9.03. The molecule has 1 heteroatoms. The van der Waals surface area contributed by atoms with Gasteiger partial charge >= 0.3 is 0 Å². The molecule has 1 rings (SSSR count). The van der Waals surface area contributed by atoms with Crippen LogP contribution < -0.4 is 0 Å². The van der Waals surface area contributed by atoms with Gasteiger partial charge in [0, 0.05) is 5.92 Å². The summed E-state index contributed by atoms with van der Waals surface area (Å²) in [6, 6.07) is 0. The van der Waals surface area contributed by atoms with Crippen molar-refractivity contribution in [1.82, 2.24) is 0 Å². The standard InChI is InChI=1S/C11H16Si/c1-12(2,3)10-5-4-7-11-8-6-9-11/h11H,6,8-9H2,1-3H3. The Balaban J connectivity index is 2.37. The van der Waals surface area contributed by atoms with Crippen LogP contribution >= 0.6 is 0 Å². The van der Waals surface area contributed by atoms with Crippen LogP contribution in [0.15, 0.2) is 0 Å². The lowest BCUT2D eigenvalue weighted by Crippen LogP contribution is -2.16. The topological polar surface area (TPSA) is 0 Å². The molecule has 1 fully saturated rings. The maximum Gasteiger partial charge on any atom is 0.130 e. The normalized spacial score (nSPS) is 16.6. The molecular formula is C11H16Si. The third-order valence-electron chi connectivity index (χ3n) is 1.88. The zero-order valence-electron chi connectivity index (χ0n) is 8.20. The first-order valence-corrected chi connectivity index (χ1v) is 8.11. The molecule has 0 saturated heterocycles. The van der Waals surface area contributed by atoms with E-state index in [1.807, 2.05) is 0 Å². The fraction of sp³-hybridized carbons (Fsp3) is 0.636. The van der Waals surface area contributed by atoms with Crippen molar-refractivity contribution in [2.24, 2.45) is 5.92 Å². The van der Waals surface area contributed by atoms with Crippen molar-refractivity contribution in [1.29, 1.82) is 0 Å². The van der Waals surface area contributed by atoms with E-state index in [4.69, 9.17) is 0 Å². The van der Waals surface area contributed by atoms with Crippen LogP contribution in [0.3, 0.4) is 0 Å². The van der Waals surface area contributed by atoms with Crippen LogP contribution in [0, 0.1) is 29.2 Å². The van der Waals surface area contributed by atoms with Crippen LogP contribution in [0.2, 0.25) is 19.6 Å². The summed E-state index contributed by atoms with van der Waals surface area (Å²) in [5, 5.41) is 0. The van der Waals surface area contributed by atoms with Gasteiger partial charge in [0.1, 0.15) is 8.07 Å². The fourth-order valence-corrected chi connectivity index (χ4v) is 1.35. The molecule has 0 radical (unpaired) electrons. The van der Waals surface area contributed by atoms with E-state index in [0.29, 0.717) is 5.92 Å². The Morgan fingerprint density at radius 2 is 1.75 bits per heavy atom. The van der Waals surface area contributed by atoms with Gasteiger partial charge in [-0.2, -0.15) is 0 Å². The van der Waals surface area contributed by atoms with Gasteiger partial charge < -0.3 is 0 Å². The van der Waals surface area contributed by atoms with Crippen molar-refractivity contribution in [3.63, 3.8) is 0 Å². The van der Waals surface area contributed by atoms with E-state index in [2.05, 4.69) is 42.9 Å². The highest BCUT2D eigenvalue weighted by molar-refractivity contribution is 6.83. The van der Waals surface area contributed by atoms with Crippen molar-refractivity contribution in [3.05, 3.63) is 0 Å². The minimum absolute atomic E-state index is 0.668. The van der Waals surface area contributed by atoms with E-state index in [0.717, 1.165) is 0 Å². The van der Waals surface area contributed by atoms with E-state index in [1.54, 1.807) is 0 Å². The monoisotopic (exact) mass is 176 g/mol. The second kappa shape index (κ2) is 3.83. The maximum atomic E-state index is 3.24. The number of rotatable bonds is 0. The molecule has 1 aliphatic rings. The summed E-state index contributed by atoms with van der Waals surface area (Å²) in [5.41, 5.74) is 3.24. The third-order valence-corrected chi connectivity index (χ3v) is 2.76. The second-order valence-electron chi connectivity index (χ2n) is 4.40. The van der Waals surface area contributed by atoms with Gasteiger partial charge in [0.05, 0.1) is 0 Å². The molecule has 0 bridgehead atoms. The summed E-state index contributed by atoms with van der Waals surface area (Å²) in [6.45, 7) is 6.72. The summed E-state index contributed by atoms with van der Waals surface area (Å²) < 4.78 is 0. The van der Waals surface area contributed by atoms with E-state index in [9.17, 15) is 0 Å². The molecule has 0 amide bonds. The number of hydrogen-bond acceptors (Lipinski definition) is 0. The lowest BCUT2D eigenvalue weighted by atomic mass is 9.86. The van der Waals surface area contributed by atoms with Gasteiger partial charge in [0.15, 0.2) is 0 Å². The first kappa shape index (κ1) is 9.43. The molecule has 0 N–H and O–H groups in total. The van der Waals surface area contributed by atoms with Crippen LogP contribution in [-0.4, -0.2) is 8.07 Å². The first-order valence-electron chi connectivity index (χ1n) is 4.61. The van der Waals surface area contributed by atoms with Gasteiger partial charge in [-0.1, -0.05) is 32.0 Å². The lowest BCUT2D eigenvalue weighted by molar-refractivity contribution is 0.402. The molecule has 0 aromatic rings. The molecule has 0 spiro atoms. The molecule has 1 saturated carbocycles. The highest BCUT2D eigenvalue weighted by Gasteiger charge is 2.13. The van der Waals surface area contributed by atoms with Crippen molar-refractivity contribution in [2.45, 2.75) is 38.9 Å². The van der Waals surface area contributed by atoms with Crippen LogP contribution in [0.5, 0.6) is 0 Å². The second-order valence-corrected chi connectivity index (χ2v) is 9.15. The average Bonchev–Trinajstić information content (AvgIpc) is 1.80. The largest absolute Gasteiger partial charge is 0.130 e. The summed E-state index contributed by atoms with van der Waals surface area (Å²) in [5.74, 6) is 9.80. The van der Waals surface area contributed by atoms with E-state index < -0.39 is 8.07 Å². The Kier molecular flexibility index (Phi) is 3.01. The van der Waals surface area contributed by atoms with Gasteiger partial charge in [-0.15, -0.1) is 5.54 Å². The van der Waals surface area contributed by atoms with Gasteiger partial charge in [0.25, 0.3) is 0 Å².